The number of benzene rings is 2. The number of fused-ring (bicyclic) bond motifs is 3. The van der Waals surface area contributed by atoms with E-state index in [0.717, 1.165) is 35.4 Å². The predicted molar refractivity (Wildman–Crippen MR) is 135 cm³/mol. The van der Waals surface area contributed by atoms with Gasteiger partial charge in [0.2, 0.25) is 5.91 Å². The number of hydrogen-bond donors (Lipinski definition) is 1. The molecule has 5 nitrogen and oxygen atoms in total. The van der Waals surface area contributed by atoms with Crippen LogP contribution < -0.4 is 10.9 Å². The Labute approximate surface area is 206 Å². The van der Waals surface area contributed by atoms with Crippen molar-refractivity contribution in [1.82, 2.24) is 14.9 Å². The Hall–Kier alpha value is -2.22. The fourth-order valence-electron chi connectivity index (χ4n) is 4.53. The maximum atomic E-state index is 13.8. The van der Waals surface area contributed by atoms with Crippen molar-refractivity contribution < 1.29 is 4.79 Å². The van der Waals surface area contributed by atoms with E-state index in [0.29, 0.717) is 27.7 Å². The summed E-state index contributed by atoms with van der Waals surface area (Å²) in [5.74, 6) is 0.339. The topological polar surface area (TPSA) is 64.0 Å². The van der Waals surface area contributed by atoms with Crippen LogP contribution >= 0.6 is 35.1 Å². The molecule has 0 saturated heterocycles. The second-order valence-electron chi connectivity index (χ2n) is 8.33. The molecule has 0 radical (unpaired) electrons. The normalized spacial score (nSPS) is 19.1. The minimum Gasteiger partial charge on any atom is -0.351 e. The van der Waals surface area contributed by atoms with Gasteiger partial charge >= 0.3 is 0 Å². The monoisotopic (exact) mass is 497 g/mol. The van der Waals surface area contributed by atoms with Gasteiger partial charge in [0.15, 0.2) is 5.16 Å². The van der Waals surface area contributed by atoms with E-state index in [4.69, 9.17) is 16.6 Å². The quantitative estimate of drug-likeness (QED) is 0.279. The molecular weight excluding hydrogens is 474 g/mol. The van der Waals surface area contributed by atoms with Gasteiger partial charge in [-0.25, -0.2) is 4.98 Å². The zero-order valence-electron chi connectivity index (χ0n) is 18.0. The lowest BCUT2D eigenvalue weighted by Crippen LogP contribution is -2.29. The van der Waals surface area contributed by atoms with Crippen molar-refractivity contribution in [3.63, 3.8) is 0 Å². The Morgan fingerprint density at radius 2 is 1.97 bits per heavy atom. The molecule has 1 aliphatic heterocycles. The second kappa shape index (κ2) is 9.95. The van der Waals surface area contributed by atoms with Crippen molar-refractivity contribution in [2.75, 3.05) is 5.75 Å². The predicted octanol–water partition coefficient (Wildman–Crippen LogP) is 5.43. The zero-order chi connectivity index (χ0) is 22.8. The van der Waals surface area contributed by atoms with Crippen molar-refractivity contribution in [2.45, 2.75) is 53.6 Å². The van der Waals surface area contributed by atoms with Crippen LogP contribution in [0.15, 0.2) is 69.6 Å². The van der Waals surface area contributed by atoms with E-state index in [1.807, 2.05) is 42.5 Å². The van der Waals surface area contributed by atoms with Gasteiger partial charge in [-0.2, -0.15) is 0 Å². The molecule has 2 atom stereocenters. The van der Waals surface area contributed by atoms with E-state index in [9.17, 15) is 9.59 Å². The Bertz CT molecular complexity index is 1230. The van der Waals surface area contributed by atoms with E-state index >= 15 is 0 Å². The van der Waals surface area contributed by atoms with Crippen LogP contribution in [0.2, 0.25) is 5.02 Å². The number of rotatable bonds is 6. The number of hydrogen-bond acceptors (Lipinski definition) is 5. The average molecular weight is 498 g/mol. The molecule has 0 spiro atoms. The molecule has 33 heavy (non-hydrogen) atoms. The van der Waals surface area contributed by atoms with Crippen LogP contribution in [0, 0.1) is 0 Å². The summed E-state index contributed by atoms with van der Waals surface area (Å²) in [4.78, 5) is 31.2. The highest BCUT2D eigenvalue weighted by Gasteiger charge is 2.39. The number of nitrogens with one attached hydrogen (secondary N) is 1. The van der Waals surface area contributed by atoms with Crippen LogP contribution in [0.5, 0.6) is 0 Å². The van der Waals surface area contributed by atoms with Crippen molar-refractivity contribution in [2.24, 2.45) is 0 Å². The summed E-state index contributed by atoms with van der Waals surface area (Å²) >= 11 is 9.26. The summed E-state index contributed by atoms with van der Waals surface area (Å²) in [6.07, 6.45) is 4.50. The van der Waals surface area contributed by atoms with Gasteiger partial charge in [0, 0.05) is 22.7 Å². The highest BCUT2D eigenvalue weighted by molar-refractivity contribution is 8.00. The van der Waals surface area contributed by atoms with E-state index in [1.54, 1.807) is 28.5 Å². The van der Waals surface area contributed by atoms with Crippen molar-refractivity contribution in [3.8, 4) is 5.69 Å². The summed E-state index contributed by atoms with van der Waals surface area (Å²) in [6.45, 7) is 0.470. The van der Waals surface area contributed by atoms with Crippen LogP contribution in [0.3, 0.4) is 0 Å². The third-order valence-corrected chi connectivity index (χ3v) is 8.70. The van der Waals surface area contributed by atoms with Gasteiger partial charge < -0.3 is 5.32 Å². The lowest BCUT2D eigenvalue weighted by atomic mass is 9.85. The Balaban J connectivity index is 1.43. The maximum Gasteiger partial charge on any atom is 0.263 e. The molecule has 1 amide bonds. The van der Waals surface area contributed by atoms with Gasteiger partial charge in [-0.05, 0) is 36.6 Å². The van der Waals surface area contributed by atoms with Gasteiger partial charge in [-0.3, -0.25) is 14.2 Å². The first-order valence-electron chi connectivity index (χ1n) is 11.1. The van der Waals surface area contributed by atoms with Crippen LogP contribution in [0.1, 0.15) is 42.7 Å². The number of aromatic nitrogens is 2. The summed E-state index contributed by atoms with van der Waals surface area (Å²) in [7, 11) is 0. The summed E-state index contributed by atoms with van der Waals surface area (Å²) in [6, 6.07) is 17.0. The average Bonchev–Trinajstić information content (AvgIpc) is 3.21. The van der Waals surface area contributed by atoms with Crippen molar-refractivity contribution in [3.05, 3.63) is 81.1 Å². The first-order valence-corrected chi connectivity index (χ1v) is 13.4. The molecule has 8 heteroatoms. The first kappa shape index (κ1) is 22.6. The molecule has 1 aromatic heterocycles. The highest BCUT2D eigenvalue weighted by Crippen LogP contribution is 2.50. The van der Waals surface area contributed by atoms with Gasteiger partial charge in [0.05, 0.1) is 17.0 Å². The van der Waals surface area contributed by atoms with E-state index in [-0.39, 0.29) is 23.1 Å². The van der Waals surface area contributed by atoms with Gasteiger partial charge in [0.25, 0.3) is 5.56 Å². The number of carbonyl (C=O) groups is 1. The Kier molecular flexibility index (Phi) is 6.81. The molecule has 5 rings (SSSR count). The van der Waals surface area contributed by atoms with Crippen LogP contribution in [-0.4, -0.2) is 26.5 Å². The van der Waals surface area contributed by atoms with Crippen LogP contribution in [0.25, 0.3) is 5.69 Å². The molecule has 0 unspecified atom stereocenters. The van der Waals surface area contributed by atoms with Crippen LogP contribution in [-0.2, 0) is 11.3 Å². The smallest absolute Gasteiger partial charge is 0.263 e. The molecule has 170 valence electrons. The standard InChI is InChI=1S/C25H24ClN3O2S2/c26-17-9-6-10-18(13-17)29-24(31)22-19-11-4-5-12-20(19)33-23(22)28-25(29)32-15-21(30)27-14-16-7-2-1-3-8-16/h1-3,6-10,13,19-20H,4-5,11-12,14-15H2,(H,27,30)/t19-,20+/m0/s1. The molecule has 0 bridgehead atoms. The fraction of sp³-hybridized carbons (Fsp3) is 0.320. The van der Waals surface area contributed by atoms with E-state index < -0.39 is 0 Å². The van der Waals surface area contributed by atoms with Gasteiger partial charge in [0.1, 0.15) is 5.03 Å². The maximum absolute atomic E-state index is 13.8. The third-order valence-electron chi connectivity index (χ3n) is 6.12. The number of carbonyl (C=O) groups excluding carboxylic acids is 1. The largest absolute Gasteiger partial charge is 0.351 e. The Morgan fingerprint density at radius 1 is 1.15 bits per heavy atom. The summed E-state index contributed by atoms with van der Waals surface area (Å²) < 4.78 is 1.64. The lowest BCUT2D eigenvalue weighted by molar-refractivity contribution is -0.118. The van der Waals surface area contributed by atoms with Crippen molar-refractivity contribution >= 4 is 41.0 Å². The number of nitrogens with zero attached hydrogens (tertiary/aromatic N) is 2. The second-order valence-corrected chi connectivity index (χ2v) is 10.9. The zero-order valence-corrected chi connectivity index (χ0v) is 20.4. The van der Waals surface area contributed by atoms with Gasteiger partial charge in [-0.15, -0.1) is 11.8 Å². The number of thioether (sulfide) groups is 2. The molecule has 1 fully saturated rings. The molecule has 1 saturated carbocycles. The van der Waals surface area contributed by atoms with Crippen LogP contribution in [0.4, 0.5) is 0 Å². The molecular formula is C25H24ClN3O2S2. The number of amides is 1. The minimum absolute atomic E-state index is 0.0311. The van der Waals surface area contributed by atoms with Gasteiger partial charge in [-0.1, -0.05) is 72.6 Å². The summed E-state index contributed by atoms with van der Waals surface area (Å²) in [5, 5.41) is 5.29. The third kappa shape index (κ3) is 4.86. The number of halogens is 1. The minimum atomic E-state index is -0.0995. The first-order chi connectivity index (χ1) is 16.1. The molecule has 2 aromatic carbocycles. The van der Waals surface area contributed by atoms with Crippen molar-refractivity contribution in [1.29, 1.82) is 0 Å². The molecule has 2 heterocycles. The molecule has 1 N–H and O–H groups in total. The Morgan fingerprint density at radius 3 is 2.79 bits per heavy atom. The lowest BCUT2D eigenvalue weighted by Gasteiger charge is -2.24. The SMILES string of the molecule is O=C(CSc1nc2c(c(=O)n1-c1cccc(Cl)c1)[C@H]1CCCC[C@H]1S2)NCc1ccccc1. The van der Waals surface area contributed by atoms with E-state index in [2.05, 4.69) is 5.32 Å². The fourth-order valence-corrected chi connectivity index (χ4v) is 7.12. The molecule has 2 aliphatic rings. The molecule has 1 aliphatic carbocycles. The summed E-state index contributed by atoms with van der Waals surface area (Å²) in [5.41, 5.74) is 2.53. The van der Waals surface area contributed by atoms with E-state index in [1.165, 1.54) is 18.2 Å². The highest BCUT2D eigenvalue weighted by atomic mass is 35.5. The molecule has 3 aromatic rings.